The molecular formula is C27H28N4. The van der Waals surface area contributed by atoms with Crippen LogP contribution in [0.4, 0.5) is 11.8 Å². The van der Waals surface area contributed by atoms with E-state index in [2.05, 4.69) is 95.1 Å². The zero-order chi connectivity index (χ0) is 20.9. The standard InChI is InChI=1S/C27H28N4/c1-4-12-21(13-5-1)24(22-14-6-2-7-15-22)20-28-26-23-16-8-9-17-25(23)29-27(30-26)31-18-10-3-11-19-31/h1-2,4-9,12-17,24H,3,10-11,18-20H2,(H,28,29,30). The third-order valence-corrected chi connectivity index (χ3v) is 6.11. The van der Waals surface area contributed by atoms with E-state index in [-0.39, 0.29) is 5.92 Å². The highest BCUT2D eigenvalue weighted by atomic mass is 15.3. The molecule has 1 aliphatic rings. The van der Waals surface area contributed by atoms with Crippen molar-refractivity contribution >= 4 is 22.7 Å². The van der Waals surface area contributed by atoms with Crippen LogP contribution in [0.15, 0.2) is 84.9 Å². The van der Waals surface area contributed by atoms with Crippen LogP contribution in [0.2, 0.25) is 0 Å². The molecule has 0 saturated carbocycles. The molecule has 156 valence electrons. The fraction of sp³-hybridized carbons (Fsp3) is 0.259. The Kier molecular flexibility index (Phi) is 5.79. The summed E-state index contributed by atoms with van der Waals surface area (Å²) in [6.07, 6.45) is 3.72. The quantitative estimate of drug-likeness (QED) is 0.434. The summed E-state index contributed by atoms with van der Waals surface area (Å²) in [5, 5.41) is 4.76. The fourth-order valence-electron chi connectivity index (χ4n) is 4.43. The molecule has 31 heavy (non-hydrogen) atoms. The maximum absolute atomic E-state index is 4.99. The molecule has 0 spiro atoms. The van der Waals surface area contributed by atoms with Crippen LogP contribution in [-0.2, 0) is 0 Å². The number of hydrogen-bond acceptors (Lipinski definition) is 4. The van der Waals surface area contributed by atoms with Gasteiger partial charge in [0.05, 0.1) is 5.52 Å². The molecule has 1 aromatic heterocycles. The lowest BCUT2D eigenvalue weighted by Gasteiger charge is -2.27. The van der Waals surface area contributed by atoms with Crippen LogP contribution in [-0.4, -0.2) is 29.6 Å². The van der Waals surface area contributed by atoms with E-state index < -0.39 is 0 Å². The summed E-state index contributed by atoms with van der Waals surface area (Å²) >= 11 is 0. The van der Waals surface area contributed by atoms with E-state index >= 15 is 0 Å². The van der Waals surface area contributed by atoms with Crippen LogP contribution in [0.5, 0.6) is 0 Å². The Morgan fingerprint density at radius 3 is 2.00 bits per heavy atom. The number of hydrogen-bond donors (Lipinski definition) is 1. The normalized spacial score (nSPS) is 14.2. The van der Waals surface area contributed by atoms with E-state index in [9.17, 15) is 0 Å². The van der Waals surface area contributed by atoms with Gasteiger partial charge in [-0.1, -0.05) is 72.8 Å². The number of fused-ring (bicyclic) bond motifs is 1. The molecular weight excluding hydrogens is 380 g/mol. The lowest BCUT2D eigenvalue weighted by Crippen LogP contribution is -2.31. The molecule has 1 fully saturated rings. The average Bonchev–Trinajstić information content (AvgIpc) is 2.86. The minimum Gasteiger partial charge on any atom is -0.368 e. The molecule has 0 aliphatic carbocycles. The predicted octanol–water partition coefficient (Wildman–Crippen LogP) is 5.86. The van der Waals surface area contributed by atoms with E-state index in [1.807, 2.05) is 0 Å². The summed E-state index contributed by atoms with van der Waals surface area (Å²) in [6, 6.07) is 29.7. The zero-order valence-corrected chi connectivity index (χ0v) is 17.7. The second-order valence-electron chi connectivity index (χ2n) is 8.19. The molecule has 0 bridgehead atoms. The van der Waals surface area contributed by atoms with Gasteiger partial charge in [-0.05, 0) is 42.5 Å². The van der Waals surface area contributed by atoms with Crippen LogP contribution in [0.1, 0.15) is 36.3 Å². The zero-order valence-electron chi connectivity index (χ0n) is 17.7. The first-order chi connectivity index (χ1) is 15.4. The Bertz CT molecular complexity index is 1080. The Morgan fingerprint density at radius 1 is 0.710 bits per heavy atom. The van der Waals surface area contributed by atoms with Crippen molar-refractivity contribution in [1.29, 1.82) is 0 Å². The summed E-state index contributed by atoms with van der Waals surface area (Å²) in [5.74, 6) is 2.01. The summed E-state index contributed by atoms with van der Waals surface area (Å²) in [4.78, 5) is 12.2. The molecule has 4 heteroatoms. The first kappa shape index (κ1) is 19.6. The van der Waals surface area contributed by atoms with Gasteiger partial charge < -0.3 is 10.2 Å². The molecule has 0 atom stereocenters. The number of anilines is 2. The molecule has 3 aromatic carbocycles. The Hall–Kier alpha value is -3.40. The number of rotatable bonds is 6. The van der Waals surface area contributed by atoms with Crippen LogP contribution < -0.4 is 10.2 Å². The van der Waals surface area contributed by atoms with Crippen molar-refractivity contribution in [3.8, 4) is 0 Å². The van der Waals surface area contributed by atoms with Crippen molar-refractivity contribution in [3.63, 3.8) is 0 Å². The van der Waals surface area contributed by atoms with Gasteiger partial charge in [0.15, 0.2) is 0 Å². The Labute approximate surface area is 184 Å². The second-order valence-corrected chi connectivity index (χ2v) is 8.19. The molecule has 1 aliphatic heterocycles. The van der Waals surface area contributed by atoms with Crippen LogP contribution in [0, 0.1) is 0 Å². The highest BCUT2D eigenvalue weighted by molar-refractivity contribution is 5.90. The second kappa shape index (κ2) is 9.17. The number of nitrogens with one attached hydrogen (secondary N) is 1. The van der Waals surface area contributed by atoms with Gasteiger partial charge in [0.1, 0.15) is 5.82 Å². The van der Waals surface area contributed by atoms with Gasteiger partial charge in [-0.3, -0.25) is 0 Å². The molecule has 4 nitrogen and oxygen atoms in total. The number of para-hydroxylation sites is 1. The van der Waals surface area contributed by atoms with Gasteiger partial charge in [0.25, 0.3) is 0 Å². The molecule has 4 aromatic rings. The molecule has 1 N–H and O–H groups in total. The van der Waals surface area contributed by atoms with E-state index in [0.29, 0.717) is 0 Å². The number of benzene rings is 3. The summed E-state index contributed by atoms with van der Waals surface area (Å²) in [5.41, 5.74) is 3.60. The molecule has 0 radical (unpaired) electrons. The van der Waals surface area contributed by atoms with Crippen molar-refractivity contribution < 1.29 is 0 Å². The molecule has 2 heterocycles. The minimum absolute atomic E-state index is 0.245. The SMILES string of the molecule is c1ccc(C(CNc2nc(N3CCCCC3)nc3ccccc23)c2ccccc2)cc1. The van der Waals surface area contributed by atoms with Crippen LogP contribution in [0.25, 0.3) is 10.9 Å². The van der Waals surface area contributed by atoms with Crippen molar-refractivity contribution in [3.05, 3.63) is 96.1 Å². The molecule has 1 saturated heterocycles. The topological polar surface area (TPSA) is 41.1 Å². The van der Waals surface area contributed by atoms with Gasteiger partial charge in [-0.25, -0.2) is 4.98 Å². The molecule has 0 amide bonds. The van der Waals surface area contributed by atoms with Crippen molar-refractivity contribution in [2.24, 2.45) is 0 Å². The maximum Gasteiger partial charge on any atom is 0.227 e. The smallest absolute Gasteiger partial charge is 0.227 e. The summed E-state index contributed by atoms with van der Waals surface area (Å²) < 4.78 is 0. The highest BCUT2D eigenvalue weighted by Crippen LogP contribution is 2.28. The first-order valence-corrected chi connectivity index (χ1v) is 11.2. The average molecular weight is 409 g/mol. The van der Waals surface area contributed by atoms with Gasteiger partial charge in [0.2, 0.25) is 5.95 Å². The minimum atomic E-state index is 0.245. The lowest BCUT2D eigenvalue weighted by atomic mass is 9.91. The summed E-state index contributed by atoms with van der Waals surface area (Å²) in [7, 11) is 0. The number of piperidine rings is 1. The van der Waals surface area contributed by atoms with E-state index in [1.54, 1.807) is 0 Å². The third kappa shape index (κ3) is 4.38. The number of aromatic nitrogens is 2. The Balaban J connectivity index is 1.48. The molecule has 0 unspecified atom stereocenters. The van der Waals surface area contributed by atoms with Crippen molar-refractivity contribution in [2.45, 2.75) is 25.2 Å². The highest BCUT2D eigenvalue weighted by Gasteiger charge is 2.18. The fourth-order valence-corrected chi connectivity index (χ4v) is 4.43. The van der Waals surface area contributed by atoms with E-state index in [0.717, 1.165) is 42.3 Å². The van der Waals surface area contributed by atoms with Crippen LogP contribution >= 0.6 is 0 Å². The third-order valence-electron chi connectivity index (χ3n) is 6.11. The van der Waals surface area contributed by atoms with Crippen LogP contribution in [0.3, 0.4) is 0 Å². The largest absolute Gasteiger partial charge is 0.368 e. The van der Waals surface area contributed by atoms with Crippen molar-refractivity contribution in [2.75, 3.05) is 29.9 Å². The predicted molar refractivity (Wildman–Crippen MR) is 129 cm³/mol. The van der Waals surface area contributed by atoms with Gasteiger partial charge in [-0.15, -0.1) is 0 Å². The lowest BCUT2D eigenvalue weighted by molar-refractivity contribution is 0.569. The monoisotopic (exact) mass is 408 g/mol. The maximum atomic E-state index is 4.99. The molecule has 5 rings (SSSR count). The van der Waals surface area contributed by atoms with Gasteiger partial charge in [-0.2, -0.15) is 4.98 Å². The van der Waals surface area contributed by atoms with E-state index in [1.165, 1.54) is 30.4 Å². The Morgan fingerprint density at radius 2 is 1.32 bits per heavy atom. The van der Waals surface area contributed by atoms with Gasteiger partial charge >= 0.3 is 0 Å². The van der Waals surface area contributed by atoms with Gasteiger partial charge in [0, 0.05) is 30.9 Å². The van der Waals surface area contributed by atoms with E-state index in [4.69, 9.17) is 9.97 Å². The first-order valence-electron chi connectivity index (χ1n) is 11.2. The number of nitrogens with zero attached hydrogens (tertiary/aromatic N) is 3. The van der Waals surface area contributed by atoms with Crippen molar-refractivity contribution in [1.82, 2.24) is 9.97 Å². The summed E-state index contributed by atoms with van der Waals surface area (Å²) in [6.45, 7) is 2.84.